The van der Waals surface area contributed by atoms with Gasteiger partial charge < -0.3 is 5.11 Å². The molecule has 1 saturated heterocycles. The highest BCUT2D eigenvalue weighted by molar-refractivity contribution is 5.82. The van der Waals surface area contributed by atoms with Crippen LogP contribution in [0.25, 0.3) is 11.3 Å². The molecule has 0 aliphatic carbocycles. The topological polar surface area (TPSA) is 94.6 Å². The molecule has 1 aliphatic rings. The van der Waals surface area contributed by atoms with Gasteiger partial charge in [-0.15, -0.1) is 0 Å². The van der Waals surface area contributed by atoms with Crippen molar-refractivity contribution >= 4 is 11.9 Å². The molecule has 38 heavy (non-hydrogen) atoms. The number of nitrogens with zero attached hydrogens (tertiary/aromatic N) is 2. The lowest BCUT2D eigenvalue weighted by Gasteiger charge is -2.30. The molecule has 1 amide bonds. The number of carbonyl (C=O) groups excluding carboxylic acids is 1. The summed E-state index contributed by atoms with van der Waals surface area (Å²) in [6.07, 6.45) is 4.95. The number of rotatable bonds is 10. The molecule has 2 heterocycles. The van der Waals surface area contributed by atoms with Crippen molar-refractivity contribution in [3.8, 4) is 11.3 Å². The highest BCUT2D eigenvalue weighted by Crippen LogP contribution is 2.25. The third-order valence-electron chi connectivity index (χ3n) is 7.21. The number of carbonyl (C=O) groups is 2. The standard InChI is InChI=1S/C31H38N4O3/c1-5-28-30(38)33-34-35(28)26(15-10-21-8-13-25(14-9-21)31(2,3)4)18-22-6-11-24(12-7-22)27-19-23(16-17-32-27)20-29(36)37/h6-9,11-14,16-17,19,26,28,34H,5,10,15,18,20H2,1-4H3,(H,33,38)(H,36,37). The number of nitrogens with one attached hydrogen (secondary N) is 2. The van der Waals surface area contributed by atoms with Crippen molar-refractivity contribution in [3.05, 3.63) is 89.1 Å². The number of aliphatic carboxylic acids is 1. The fraction of sp³-hybridized carbons (Fsp3) is 0.387. The normalized spacial score (nSPS) is 16.8. The van der Waals surface area contributed by atoms with E-state index in [0.717, 1.165) is 42.5 Å². The fourth-order valence-corrected chi connectivity index (χ4v) is 4.98. The molecule has 0 saturated carbocycles. The van der Waals surface area contributed by atoms with Gasteiger partial charge in [0.2, 0.25) is 0 Å². The fourth-order valence-electron chi connectivity index (χ4n) is 4.98. The number of aromatic nitrogens is 1. The number of hydrogen-bond acceptors (Lipinski definition) is 5. The molecule has 0 radical (unpaired) electrons. The first-order chi connectivity index (χ1) is 18.1. The van der Waals surface area contributed by atoms with Crippen LogP contribution in [-0.2, 0) is 34.3 Å². The Hall–Kier alpha value is -3.55. The zero-order valence-electron chi connectivity index (χ0n) is 22.7. The average molecular weight is 515 g/mol. The summed E-state index contributed by atoms with van der Waals surface area (Å²) < 4.78 is 0. The quantitative estimate of drug-likeness (QED) is 0.358. The molecule has 1 aliphatic heterocycles. The number of aryl methyl sites for hydroxylation is 1. The third kappa shape index (κ3) is 6.85. The Morgan fingerprint density at radius 1 is 1.03 bits per heavy atom. The van der Waals surface area contributed by atoms with Crippen LogP contribution in [0.3, 0.4) is 0 Å². The second-order valence-corrected chi connectivity index (χ2v) is 11.1. The van der Waals surface area contributed by atoms with E-state index in [1.165, 1.54) is 16.7 Å². The molecule has 3 aromatic rings. The van der Waals surface area contributed by atoms with E-state index in [1.54, 1.807) is 12.3 Å². The predicted molar refractivity (Wildman–Crippen MR) is 149 cm³/mol. The average Bonchev–Trinajstić information content (AvgIpc) is 3.26. The molecule has 2 unspecified atom stereocenters. The zero-order valence-corrected chi connectivity index (χ0v) is 22.7. The summed E-state index contributed by atoms with van der Waals surface area (Å²) in [5.74, 6) is -0.850. The molecular formula is C31H38N4O3. The van der Waals surface area contributed by atoms with Crippen molar-refractivity contribution in [3.63, 3.8) is 0 Å². The van der Waals surface area contributed by atoms with Crippen LogP contribution in [0.2, 0.25) is 0 Å². The third-order valence-corrected chi connectivity index (χ3v) is 7.21. The van der Waals surface area contributed by atoms with Gasteiger partial charge in [-0.1, -0.05) is 76.2 Å². The van der Waals surface area contributed by atoms with Crippen LogP contribution in [0.15, 0.2) is 66.9 Å². The van der Waals surface area contributed by atoms with Crippen molar-refractivity contribution in [1.82, 2.24) is 21.0 Å². The van der Waals surface area contributed by atoms with Crippen LogP contribution in [-0.4, -0.2) is 39.1 Å². The molecule has 200 valence electrons. The first-order valence-corrected chi connectivity index (χ1v) is 13.3. The smallest absolute Gasteiger partial charge is 0.307 e. The Kier molecular flexibility index (Phi) is 8.59. The Morgan fingerprint density at radius 3 is 2.34 bits per heavy atom. The molecule has 2 atom stereocenters. The Balaban J connectivity index is 1.50. The molecule has 7 nitrogen and oxygen atoms in total. The summed E-state index contributed by atoms with van der Waals surface area (Å²) in [5.41, 5.74) is 12.3. The summed E-state index contributed by atoms with van der Waals surface area (Å²) >= 11 is 0. The van der Waals surface area contributed by atoms with E-state index < -0.39 is 5.97 Å². The lowest BCUT2D eigenvalue weighted by molar-refractivity contribution is -0.136. The van der Waals surface area contributed by atoms with Gasteiger partial charge in [-0.05, 0) is 65.5 Å². The number of pyridine rings is 1. The summed E-state index contributed by atoms with van der Waals surface area (Å²) in [7, 11) is 0. The van der Waals surface area contributed by atoms with Crippen molar-refractivity contribution in [2.45, 2.75) is 77.3 Å². The maximum absolute atomic E-state index is 12.4. The second kappa shape index (κ2) is 11.9. The SMILES string of the molecule is CCC1C(=O)NNN1C(CCc1ccc(C(C)(C)C)cc1)Cc1ccc(-c2cc(CC(=O)O)ccn2)cc1. The van der Waals surface area contributed by atoms with Crippen molar-refractivity contribution < 1.29 is 14.7 Å². The van der Waals surface area contributed by atoms with Crippen molar-refractivity contribution in [2.75, 3.05) is 0 Å². The summed E-state index contributed by atoms with van der Waals surface area (Å²) in [6.45, 7) is 8.70. The van der Waals surface area contributed by atoms with Gasteiger partial charge in [0.05, 0.1) is 12.1 Å². The number of carboxylic acids is 1. The van der Waals surface area contributed by atoms with Gasteiger partial charge >= 0.3 is 5.97 Å². The highest BCUT2D eigenvalue weighted by Gasteiger charge is 2.35. The molecule has 4 rings (SSSR count). The Bertz CT molecular complexity index is 1250. The van der Waals surface area contributed by atoms with Gasteiger partial charge in [0.15, 0.2) is 0 Å². The van der Waals surface area contributed by atoms with Crippen LogP contribution in [0, 0.1) is 0 Å². The molecule has 0 spiro atoms. The summed E-state index contributed by atoms with van der Waals surface area (Å²) in [5, 5.41) is 11.2. The van der Waals surface area contributed by atoms with E-state index in [0.29, 0.717) is 0 Å². The minimum absolute atomic E-state index is 0.00898. The van der Waals surface area contributed by atoms with Crippen molar-refractivity contribution in [2.24, 2.45) is 0 Å². The largest absolute Gasteiger partial charge is 0.481 e. The number of hydrogen-bond donors (Lipinski definition) is 3. The molecule has 7 heteroatoms. The minimum Gasteiger partial charge on any atom is -0.481 e. The number of carboxylic acid groups (broad SMARTS) is 1. The van der Waals surface area contributed by atoms with Gasteiger partial charge in [0, 0.05) is 17.8 Å². The molecular weight excluding hydrogens is 476 g/mol. The van der Waals surface area contributed by atoms with Crippen LogP contribution in [0.1, 0.15) is 62.8 Å². The monoisotopic (exact) mass is 514 g/mol. The van der Waals surface area contributed by atoms with Gasteiger partial charge in [-0.3, -0.25) is 20.0 Å². The molecule has 0 bridgehead atoms. The van der Waals surface area contributed by atoms with Gasteiger partial charge in [0.1, 0.15) is 6.04 Å². The number of amides is 1. The number of benzene rings is 2. The maximum atomic E-state index is 12.4. The van der Waals surface area contributed by atoms with E-state index in [9.17, 15) is 9.59 Å². The molecule has 1 fully saturated rings. The maximum Gasteiger partial charge on any atom is 0.307 e. The molecule has 2 aromatic carbocycles. The Labute approximate surface area is 225 Å². The highest BCUT2D eigenvalue weighted by atomic mass is 16.4. The molecule has 1 aromatic heterocycles. The Morgan fingerprint density at radius 2 is 1.71 bits per heavy atom. The van der Waals surface area contributed by atoms with Gasteiger partial charge in [0.25, 0.3) is 5.91 Å². The summed E-state index contributed by atoms with van der Waals surface area (Å²) in [6, 6.07) is 20.6. The van der Waals surface area contributed by atoms with Crippen LogP contribution >= 0.6 is 0 Å². The first kappa shape index (κ1) is 27.5. The predicted octanol–water partition coefficient (Wildman–Crippen LogP) is 4.85. The lowest BCUT2D eigenvalue weighted by Crippen LogP contribution is -2.48. The van der Waals surface area contributed by atoms with E-state index in [2.05, 4.69) is 78.1 Å². The van der Waals surface area contributed by atoms with Crippen LogP contribution in [0.4, 0.5) is 0 Å². The number of hydrazine groups is 2. The minimum atomic E-state index is -0.859. The van der Waals surface area contributed by atoms with Crippen molar-refractivity contribution in [1.29, 1.82) is 0 Å². The van der Waals surface area contributed by atoms with Crippen LogP contribution in [0.5, 0.6) is 0 Å². The zero-order chi connectivity index (χ0) is 27.3. The second-order valence-electron chi connectivity index (χ2n) is 11.1. The first-order valence-electron chi connectivity index (χ1n) is 13.3. The van der Waals surface area contributed by atoms with E-state index in [-0.39, 0.29) is 29.8 Å². The van der Waals surface area contributed by atoms with Gasteiger partial charge in [-0.2, -0.15) is 5.53 Å². The van der Waals surface area contributed by atoms with Crippen LogP contribution < -0.4 is 11.0 Å². The van der Waals surface area contributed by atoms with E-state index >= 15 is 0 Å². The van der Waals surface area contributed by atoms with E-state index in [1.807, 2.05) is 25.1 Å². The summed E-state index contributed by atoms with van der Waals surface area (Å²) in [4.78, 5) is 27.9. The van der Waals surface area contributed by atoms with Gasteiger partial charge in [-0.25, -0.2) is 5.01 Å². The molecule has 3 N–H and O–H groups in total. The lowest BCUT2D eigenvalue weighted by atomic mass is 9.86. The van der Waals surface area contributed by atoms with E-state index in [4.69, 9.17) is 5.11 Å².